The molecule has 2 aromatic heterocycles. The maximum atomic E-state index is 12.9. The molecule has 0 fully saturated rings. The van der Waals surface area contributed by atoms with Crippen LogP contribution in [-0.4, -0.2) is 38.9 Å². The molecule has 0 saturated carbocycles. The molecule has 4 aromatic rings. The van der Waals surface area contributed by atoms with Crippen molar-refractivity contribution >= 4 is 40.9 Å². The first-order valence-electron chi connectivity index (χ1n) is 11.3. The van der Waals surface area contributed by atoms with Gasteiger partial charge in [0, 0.05) is 48.2 Å². The first kappa shape index (κ1) is 20.9. The van der Waals surface area contributed by atoms with Gasteiger partial charge in [-0.1, -0.05) is 18.2 Å². The lowest BCUT2D eigenvalue weighted by Gasteiger charge is -2.26. The van der Waals surface area contributed by atoms with Gasteiger partial charge in [-0.05, 0) is 55.0 Å². The summed E-state index contributed by atoms with van der Waals surface area (Å²) in [5, 5.41) is 9.73. The Morgan fingerprint density at radius 1 is 1.09 bits per heavy atom. The highest BCUT2D eigenvalue weighted by Crippen LogP contribution is 2.45. The van der Waals surface area contributed by atoms with E-state index in [9.17, 15) is 9.59 Å². The van der Waals surface area contributed by atoms with E-state index in [4.69, 9.17) is 4.98 Å². The Kier molecular flexibility index (Phi) is 4.74. The number of aromatic amines is 1. The number of H-pyrrole nitrogens is 1. The van der Waals surface area contributed by atoms with Crippen molar-refractivity contribution in [2.24, 2.45) is 0 Å². The summed E-state index contributed by atoms with van der Waals surface area (Å²) in [6, 6.07) is 19.0. The minimum absolute atomic E-state index is 0.0207. The van der Waals surface area contributed by atoms with Crippen LogP contribution in [0.3, 0.4) is 0 Å². The van der Waals surface area contributed by atoms with Crippen molar-refractivity contribution < 1.29 is 9.59 Å². The van der Waals surface area contributed by atoms with Gasteiger partial charge in [-0.15, -0.1) is 0 Å². The number of benzene rings is 2. The number of amides is 2. The highest BCUT2D eigenvalue weighted by atomic mass is 16.2. The molecule has 0 unspecified atom stereocenters. The lowest BCUT2D eigenvalue weighted by molar-refractivity contribution is 0.0874. The molecule has 8 nitrogen and oxygen atoms in total. The van der Waals surface area contributed by atoms with Gasteiger partial charge in [-0.25, -0.2) is 4.98 Å². The van der Waals surface area contributed by atoms with Crippen LogP contribution in [0.15, 0.2) is 66.9 Å². The number of fused-ring (bicyclic) bond motifs is 1. The van der Waals surface area contributed by atoms with Crippen LogP contribution in [0.2, 0.25) is 0 Å². The number of hydrogen-bond donors (Lipinski definition) is 2. The molecule has 0 aliphatic carbocycles. The average molecular weight is 463 g/mol. The van der Waals surface area contributed by atoms with Crippen LogP contribution in [-0.2, 0) is 6.54 Å². The maximum absolute atomic E-state index is 12.9. The van der Waals surface area contributed by atoms with Crippen LogP contribution < -0.4 is 10.2 Å². The summed E-state index contributed by atoms with van der Waals surface area (Å²) in [7, 11) is 1.80. The fourth-order valence-electron chi connectivity index (χ4n) is 4.67. The van der Waals surface area contributed by atoms with Crippen molar-refractivity contribution in [1.82, 2.24) is 20.1 Å². The van der Waals surface area contributed by atoms with Crippen LogP contribution in [0, 0.1) is 6.92 Å². The maximum Gasteiger partial charge on any atom is 0.258 e. The molecule has 0 radical (unpaired) electrons. The Morgan fingerprint density at radius 3 is 2.77 bits per heavy atom. The van der Waals surface area contributed by atoms with E-state index in [1.54, 1.807) is 30.3 Å². The van der Waals surface area contributed by atoms with E-state index in [2.05, 4.69) is 20.4 Å². The van der Waals surface area contributed by atoms with Crippen LogP contribution >= 0.6 is 0 Å². The second kappa shape index (κ2) is 7.95. The number of hydrogen-bond acceptors (Lipinski definition) is 5. The smallest absolute Gasteiger partial charge is 0.258 e. The highest BCUT2D eigenvalue weighted by Gasteiger charge is 2.35. The van der Waals surface area contributed by atoms with Gasteiger partial charge in [0.15, 0.2) is 5.82 Å². The number of carbonyl (C=O) groups excluding carboxylic acids is 2. The third-order valence-electron chi connectivity index (χ3n) is 6.33. The second-order valence-corrected chi connectivity index (χ2v) is 8.69. The number of aryl methyl sites for hydroxylation is 1. The topological polar surface area (TPSA) is 94.2 Å². The molecular weight excluding hydrogens is 440 g/mol. The fourth-order valence-corrected chi connectivity index (χ4v) is 4.67. The monoisotopic (exact) mass is 462 g/mol. The molecule has 35 heavy (non-hydrogen) atoms. The van der Waals surface area contributed by atoms with Gasteiger partial charge in [-0.2, -0.15) is 5.10 Å². The van der Waals surface area contributed by atoms with Crippen LogP contribution in [0.4, 0.5) is 17.3 Å². The molecule has 2 aromatic carbocycles. The quantitative estimate of drug-likeness (QED) is 0.462. The molecule has 0 spiro atoms. The SMILES string of the molecule is Cc1cc(NC(=O)c2cccc(CN3c4cccc5c4C(=Cc4cccnc43)N(C)C5=O)c2)n[nH]1. The van der Waals surface area contributed by atoms with Gasteiger partial charge in [0.1, 0.15) is 5.82 Å². The normalized spacial score (nSPS) is 13.8. The van der Waals surface area contributed by atoms with Crippen molar-refractivity contribution in [2.45, 2.75) is 13.5 Å². The minimum Gasteiger partial charge on any atom is -0.321 e. The predicted molar refractivity (Wildman–Crippen MR) is 134 cm³/mol. The summed E-state index contributed by atoms with van der Waals surface area (Å²) in [6.07, 6.45) is 3.79. The fraction of sp³-hybridized carbons (Fsp3) is 0.111. The van der Waals surface area contributed by atoms with Gasteiger partial charge in [0.25, 0.3) is 11.8 Å². The third-order valence-corrected chi connectivity index (χ3v) is 6.33. The Morgan fingerprint density at radius 2 is 1.94 bits per heavy atom. The highest BCUT2D eigenvalue weighted by molar-refractivity contribution is 6.15. The number of aromatic nitrogens is 3. The largest absolute Gasteiger partial charge is 0.321 e. The Balaban J connectivity index is 1.40. The van der Waals surface area contributed by atoms with E-state index in [0.29, 0.717) is 23.5 Å². The first-order valence-corrected chi connectivity index (χ1v) is 11.3. The number of nitrogens with one attached hydrogen (secondary N) is 2. The van der Waals surface area contributed by atoms with E-state index in [1.165, 1.54) is 0 Å². The number of nitrogens with zero attached hydrogens (tertiary/aromatic N) is 4. The van der Waals surface area contributed by atoms with E-state index in [1.807, 2.05) is 61.5 Å². The molecule has 2 amide bonds. The summed E-state index contributed by atoms with van der Waals surface area (Å²) in [5.74, 6) is 1.03. The van der Waals surface area contributed by atoms with Gasteiger partial charge >= 0.3 is 0 Å². The first-order chi connectivity index (χ1) is 17.0. The van der Waals surface area contributed by atoms with Gasteiger partial charge in [-0.3, -0.25) is 14.7 Å². The standard InChI is InChI=1S/C27H22N6O2/c1-16-12-23(31-30-16)29-26(34)19-7-3-6-17(13-19)15-33-21-10-4-9-20-24(21)22(32(2)27(20)35)14-18-8-5-11-28-25(18)33/h3-14H,15H2,1-2H3,(H2,29,30,31,34). The second-order valence-electron chi connectivity index (χ2n) is 8.69. The van der Waals surface area contributed by atoms with E-state index >= 15 is 0 Å². The molecular formula is C27H22N6O2. The zero-order chi connectivity index (χ0) is 24.1. The number of carbonyl (C=O) groups is 2. The van der Waals surface area contributed by atoms with Gasteiger partial charge in [0.2, 0.25) is 0 Å². The van der Waals surface area contributed by atoms with Crippen molar-refractivity contribution in [3.05, 3.63) is 100 Å². The summed E-state index contributed by atoms with van der Waals surface area (Å²) in [5.41, 5.74) is 6.61. The summed E-state index contributed by atoms with van der Waals surface area (Å²) in [4.78, 5) is 34.2. The molecule has 0 saturated heterocycles. The molecule has 2 aliphatic heterocycles. The molecule has 2 aliphatic rings. The third kappa shape index (κ3) is 3.47. The zero-order valence-corrected chi connectivity index (χ0v) is 19.2. The van der Waals surface area contributed by atoms with Crippen LogP contribution in [0.25, 0.3) is 11.8 Å². The van der Waals surface area contributed by atoms with E-state index < -0.39 is 0 Å². The molecule has 4 heterocycles. The lowest BCUT2D eigenvalue weighted by atomic mass is 10.0. The Labute approximate surface area is 201 Å². The summed E-state index contributed by atoms with van der Waals surface area (Å²) < 4.78 is 0. The molecule has 2 N–H and O–H groups in total. The molecule has 8 heteroatoms. The number of anilines is 3. The Hall–Kier alpha value is -4.72. The number of rotatable bonds is 4. The lowest BCUT2D eigenvalue weighted by Crippen LogP contribution is -2.20. The Bertz CT molecular complexity index is 1540. The number of pyridine rings is 1. The van der Waals surface area contributed by atoms with E-state index in [-0.39, 0.29) is 11.8 Å². The van der Waals surface area contributed by atoms with Gasteiger partial charge < -0.3 is 15.1 Å². The van der Waals surface area contributed by atoms with Gasteiger partial charge in [0.05, 0.1) is 16.9 Å². The summed E-state index contributed by atoms with van der Waals surface area (Å²) >= 11 is 0. The van der Waals surface area contributed by atoms with Crippen LogP contribution in [0.5, 0.6) is 0 Å². The summed E-state index contributed by atoms with van der Waals surface area (Å²) in [6.45, 7) is 2.35. The molecule has 0 bridgehead atoms. The molecule has 172 valence electrons. The average Bonchev–Trinajstić information content (AvgIpc) is 3.34. The van der Waals surface area contributed by atoms with Crippen LogP contribution in [0.1, 0.15) is 43.1 Å². The van der Waals surface area contributed by atoms with Crippen molar-refractivity contribution in [3.63, 3.8) is 0 Å². The zero-order valence-electron chi connectivity index (χ0n) is 19.2. The van der Waals surface area contributed by atoms with Crippen molar-refractivity contribution in [1.29, 1.82) is 0 Å². The predicted octanol–water partition coefficient (Wildman–Crippen LogP) is 4.60. The molecule has 0 atom stereocenters. The van der Waals surface area contributed by atoms with Crippen molar-refractivity contribution in [3.8, 4) is 0 Å². The van der Waals surface area contributed by atoms with E-state index in [0.717, 1.165) is 39.6 Å². The molecule has 6 rings (SSSR count). The van der Waals surface area contributed by atoms with Crippen molar-refractivity contribution in [2.75, 3.05) is 17.3 Å². The minimum atomic E-state index is -0.232.